The average Bonchev–Trinajstić information content (AvgIpc) is 1.33. The highest BCUT2D eigenvalue weighted by molar-refractivity contribution is 7.00. The van der Waals surface area contributed by atoms with E-state index < -0.39 is 0 Å². The minimum atomic E-state index is -0.347. The zero-order valence-electron chi connectivity index (χ0n) is 82.8. The summed E-state index contributed by atoms with van der Waals surface area (Å²) in [5.74, 6) is 0. The molecule has 2 aliphatic heterocycles. The van der Waals surface area contributed by atoms with Gasteiger partial charge in [0.05, 0.1) is 50.0 Å². The summed E-state index contributed by atoms with van der Waals surface area (Å²) >= 11 is 0. The molecule has 0 N–H and O–H groups in total. The Kier molecular flexibility index (Phi) is 19.3. The van der Waals surface area contributed by atoms with E-state index in [0.717, 1.165) is 101 Å². The summed E-state index contributed by atoms with van der Waals surface area (Å²) in [4.78, 5) is 5.59. The second-order valence-electron chi connectivity index (χ2n) is 47.1. The molecule has 0 atom stereocenters. The quantitative estimate of drug-likeness (QED) is 0.134. The van der Waals surface area contributed by atoms with Crippen LogP contribution in [0.25, 0.3) is 149 Å². The molecule has 6 heteroatoms. The third kappa shape index (κ3) is 14.0. The standard InChI is InChI=1S/C128H124BN5/c1-121(2,3)83-50-60-108-102(64-83)104-70-90(128(22,23)24)69-103-101-61-81(45-59-107(101)132(108)120(103)104)82-62-115-117-116(63-82)134(119-99(79-41-33-27-34-42-79)67-89(127(19,20)21)68-100(119)80-43-35-28-36-44-80)114-76-92(131-111-73-86(124(10,11)12)48-55-95(111)96-56-49-87(74-112(96)131)125(13,14)15)52-58-106(114)129(117)105-57-51-91(130-109-71-84(122(4,5)6)46-53-93(109)94-54-47-85(72-110(94)130)123(7,8)9)75-113(105)133(115)118-97(77-37-29-25-30-38-77)65-88(126(16,17)18)66-98(118)78-39-31-26-32-40-78/h25-76H,1-24H3. The van der Waals surface area contributed by atoms with Crippen molar-refractivity contribution < 1.29 is 0 Å². The zero-order valence-corrected chi connectivity index (χ0v) is 82.8. The maximum atomic E-state index is 2.80. The van der Waals surface area contributed by atoms with Crippen LogP contribution in [0.1, 0.15) is 211 Å². The predicted molar refractivity (Wildman–Crippen MR) is 581 cm³/mol. The highest BCUT2D eigenvalue weighted by Gasteiger charge is 2.47. The fraction of sp³-hybridized carbons (Fsp3) is 0.250. The van der Waals surface area contributed by atoms with Gasteiger partial charge in [0.2, 0.25) is 0 Å². The van der Waals surface area contributed by atoms with Crippen molar-refractivity contribution in [2.45, 2.75) is 209 Å². The van der Waals surface area contributed by atoms with Gasteiger partial charge in [-0.1, -0.05) is 360 Å². The minimum Gasteiger partial charge on any atom is -0.310 e. The molecule has 16 aromatic carbocycles. The van der Waals surface area contributed by atoms with Crippen LogP contribution in [0.3, 0.4) is 0 Å². The van der Waals surface area contributed by atoms with Crippen LogP contribution in [0.2, 0.25) is 0 Å². The van der Waals surface area contributed by atoms with Crippen LogP contribution in [0, 0.1) is 0 Å². The third-order valence-electron chi connectivity index (χ3n) is 29.7. The number of anilines is 6. The van der Waals surface area contributed by atoms with E-state index in [9.17, 15) is 0 Å². The van der Waals surface area contributed by atoms with Gasteiger partial charge >= 0.3 is 0 Å². The number of benzene rings is 16. The summed E-state index contributed by atoms with van der Waals surface area (Å²) in [7, 11) is 0. The van der Waals surface area contributed by atoms with Crippen LogP contribution < -0.4 is 26.2 Å². The normalized spacial score (nSPS) is 13.6. The SMILES string of the molecule is CC(C)(C)c1cc(-c2ccccc2)c(N2c3cc(-n4c5cc(C(C)(C)C)ccc5c5ccc(C(C)(C)C)cc54)ccc3B3c4ccc(-n5c6cc(C(C)(C)C)ccc6c6ccc(C(C)(C)C)cc65)cc4N(c4c(-c5ccccc5)cc(C(C)(C)C)cc4-c4ccccc4)c4cc(-c5ccc6c(c5)c5cc(C(C)(C)C)cc7c8cc(C(C)(C)C)ccc8n6c57)cc2c43)c(-c2ccccc2)c1. The molecule has 4 aromatic heterocycles. The average molecular weight is 1740 g/mol. The van der Waals surface area contributed by atoms with Crippen molar-refractivity contribution in [3.63, 3.8) is 0 Å². The summed E-state index contributed by atoms with van der Waals surface area (Å²) in [5, 5.41) is 10.0. The Morgan fingerprint density at radius 3 is 0.799 bits per heavy atom. The molecular formula is C128H124BN5. The van der Waals surface area contributed by atoms with Crippen molar-refractivity contribution in [3.8, 4) is 67.0 Å². The molecule has 0 fully saturated rings. The molecule has 0 spiro atoms. The molecule has 0 unspecified atom stereocenters. The fourth-order valence-corrected chi connectivity index (χ4v) is 21.9. The van der Waals surface area contributed by atoms with Crippen LogP contribution in [0.5, 0.6) is 0 Å². The molecule has 6 heterocycles. The highest BCUT2D eigenvalue weighted by atomic mass is 15.2. The number of rotatable bonds is 9. The summed E-state index contributed by atoms with van der Waals surface area (Å²) in [5.41, 5.74) is 41.5. The Morgan fingerprint density at radius 2 is 0.478 bits per heavy atom. The lowest BCUT2D eigenvalue weighted by Gasteiger charge is -2.46. The topological polar surface area (TPSA) is 20.8 Å². The van der Waals surface area contributed by atoms with Gasteiger partial charge in [-0.3, -0.25) is 0 Å². The Balaban J connectivity index is 0.957. The lowest BCUT2D eigenvalue weighted by Crippen LogP contribution is -2.61. The number of nitrogens with zero attached hydrogens (tertiary/aromatic N) is 5. The molecule has 20 aromatic rings. The number of hydrogen-bond acceptors (Lipinski definition) is 2. The van der Waals surface area contributed by atoms with Crippen LogP contribution in [0.4, 0.5) is 34.1 Å². The Labute approximate surface area is 793 Å². The van der Waals surface area contributed by atoms with E-state index in [4.69, 9.17) is 0 Å². The van der Waals surface area contributed by atoms with Crippen LogP contribution in [-0.2, 0) is 43.3 Å². The molecule has 0 saturated heterocycles. The van der Waals surface area contributed by atoms with Gasteiger partial charge < -0.3 is 23.3 Å². The molecule has 2 aliphatic rings. The van der Waals surface area contributed by atoms with Gasteiger partial charge in [-0.25, -0.2) is 0 Å². The van der Waals surface area contributed by atoms with E-state index in [-0.39, 0.29) is 50.0 Å². The van der Waals surface area contributed by atoms with E-state index >= 15 is 0 Å². The second-order valence-corrected chi connectivity index (χ2v) is 47.1. The molecule has 664 valence electrons. The molecule has 0 bridgehead atoms. The Morgan fingerprint density at radius 1 is 0.194 bits per heavy atom. The first-order valence-corrected chi connectivity index (χ1v) is 48.6. The molecule has 134 heavy (non-hydrogen) atoms. The predicted octanol–water partition coefficient (Wildman–Crippen LogP) is 33.8. The highest BCUT2D eigenvalue weighted by Crippen LogP contribution is 2.58. The minimum absolute atomic E-state index is 0.0407. The summed E-state index contributed by atoms with van der Waals surface area (Å²) in [6.07, 6.45) is 0. The summed E-state index contributed by atoms with van der Waals surface area (Å²) < 4.78 is 7.85. The van der Waals surface area contributed by atoms with Gasteiger partial charge in [-0.05, 0) is 259 Å². The van der Waals surface area contributed by atoms with E-state index in [2.05, 4.69) is 505 Å². The number of fused-ring (bicyclic) bond motifs is 16. The maximum absolute atomic E-state index is 2.80. The van der Waals surface area contributed by atoms with Gasteiger partial charge in [0.15, 0.2) is 0 Å². The molecule has 5 nitrogen and oxygen atoms in total. The van der Waals surface area contributed by atoms with Crippen LogP contribution in [0.15, 0.2) is 315 Å². The smallest absolute Gasteiger partial charge is 0.252 e. The van der Waals surface area contributed by atoms with E-state index in [1.54, 1.807) is 0 Å². The molecule has 0 radical (unpaired) electrons. The van der Waals surface area contributed by atoms with Crippen molar-refractivity contribution in [2.24, 2.45) is 0 Å². The van der Waals surface area contributed by atoms with Gasteiger partial charge in [0, 0.05) is 99.5 Å². The molecule has 0 amide bonds. The Bertz CT molecular complexity index is 7580. The molecular weight excluding hydrogens is 1620 g/mol. The monoisotopic (exact) mass is 1740 g/mol. The summed E-state index contributed by atoms with van der Waals surface area (Å²) in [6, 6.07) is 125. The van der Waals surface area contributed by atoms with Gasteiger partial charge in [-0.2, -0.15) is 0 Å². The van der Waals surface area contributed by atoms with Crippen LogP contribution >= 0.6 is 0 Å². The largest absolute Gasteiger partial charge is 0.310 e. The lowest BCUT2D eigenvalue weighted by molar-refractivity contribution is 0.590. The fourth-order valence-electron chi connectivity index (χ4n) is 21.9. The van der Waals surface area contributed by atoms with E-state index in [1.165, 1.54) is 143 Å². The van der Waals surface area contributed by atoms with Crippen molar-refractivity contribution in [1.82, 2.24) is 13.5 Å². The first-order chi connectivity index (χ1) is 63.5. The maximum Gasteiger partial charge on any atom is 0.252 e. The lowest BCUT2D eigenvalue weighted by atomic mass is 9.33. The van der Waals surface area contributed by atoms with Crippen molar-refractivity contribution in [3.05, 3.63) is 360 Å². The number of aromatic nitrogens is 3. The van der Waals surface area contributed by atoms with Crippen molar-refractivity contribution in [1.29, 1.82) is 0 Å². The van der Waals surface area contributed by atoms with Gasteiger partial charge in [0.1, 0.15) is 0 Å². The summed E-state index contributed by atoms with van der Waals surface area (Å²) in [6.45, 7) is 56.4. The first kappa shape index (κ1) is 86.0. The van der Waals surface area contributed by atoms with E-state index in [0.29, 0.717) is 0 Å². The third-order valence-corrected chi connectivity index (χ3v) is 29.7. The molecule has 0 saturated carbocycles. The van der Waals surface area contributed by atoms with Crippen molar-refractivity contribution in [2.75, 3.05) is 9.80 Å². The van der Waals surface area contributed by atoms with Gasteiger partial charge in [0.25, 0.3) is 6.71 Å². The second kappa shape index (κ2) is 30.0. The zero-order chi connectivity index (χ0) is 93.6. The van der Waals surface area contributed by atoms with Crippen LogP contribution in [-0.4, -0.2) is 20.2 Å². The van der Waals surface area contributed by atoms with E-state index in [1.807, 2.05) is 0 Å². The first-order valence-electron chi connectivity index (χ1n) is 48.6. The number of hydrogen-bond donors (Lipinski definition) is 0. The molecule has 0 aliphatic carbocycles. The Hall–Kier alpha value is -13.4. The van der Waals surface area contributed by atoms with Gasteiger partial charge in [-0.15, -0.1) is 0 Å². The molecule has 22 rings (SSSR count). The van der Waals surface area contributed by atoms with Crippen molar-refractivity contribution >= 4 is 139 Å².